The topological polar surface area (TPSA) is 48.8 Å². The fourth-order valence-corrected chi connectivity index (χ4v) is 0.770. The Balaban J connectivity index is 0.000000217. The zero-order valence-corrected chi connectivity index (χ0v) is 9.27. The molecule has 0 N–H and O–H groups in total. The van der Waals surface area contributed by atoms with E-state index in [0.29, 0.717) is 0 Å². The Hall–Kier alpha value is -2.25. The first-order valence-electron chi connectivity index (χ1n) is 4.85. The number of rotatable bonds is 0. The van der Waals surface area contributed by atoms with Crippen molar-refractivity contribution < 1.29 is 0 Å². The van der Waals surface area contributed by atoms with Crippen LogP contribution in [0.15, 0.2) is 77.9 Å². The second-order valence-electron chi connectivity index (χ2n) is 2.60. The summed E-state index contributed by atoms with van der Waals surface area (Å²) in [6, 6.07) is 24.0. The fourth-order valence-electron chi connectivity index (χ4n) is 0.770. The van der Waals surface area contributed by atoms with Gasteiger partial charge in [0.05, 0.1) is 0 Å². The molecule has 0 saturated heterocycles. The molecule has 3 nitrogen and oxygen atoms in total. The van der Waals surface area contributed by atoms with E-state index in [1.807, 2.05) is 72.8 Å². The van der Waals surface area contributed by atoms with Gasteiger partial charge in [-0.15, -0.1) is 0 Å². The molecule has 0 fully saturated rings. The minimum atomic E-state index is 1.39. The number of hydrogen-bond donors (Lipinski definition) is 0. The van der Waals surface area contributed by atoms with Gasteiger partial charge in [0.15, 0.2) is 0 Å². The highest BCUT2D eigenvalue weighted by Gasteiger charge is 1.58. The second kappa shape index (κ2) is 12.8. The van der Waals surface area contributed by atoms with Crippen LogP contribution >= 0.6 is 0 Å². The lowest BCUT2D eigenvalue weighted by atomic mass is 10.4. The van der Waals surface area contributed by atoms with Crippen molar-refractivity contribution in [2.45, 2.75) is 0 Å². The maximum atomic E-state index is 7.33. The van der Waals surface area contributed by atoms with Crippen molar-refractivity contribution in [2.24, 2.45) is 5.11 Å². The summed E-state index contributed by atoms with van der Waals surface area (Å²) < 4.78 is 0. The zero-order valence-electron chi connectivity index (χ0n) is 9.27. The van der Waals surface area contributed by atoms with Crippen LogP contribution in [0, 0.1) is 0 Å². The molecule has 0 aromatic heterocycles. The van der Waals surface area contributed by atoms with Crippen LogP contribution in [-0.4, -0.2) is 7.05 Å². The van der Waals surface area contributed by atoms with E-state index in [4.69, 9.17) is 5.53 Å². The summed E-state index contributed by atoms with van der Waals surface area (Å²) in [5.41, 5.74) is 7.33. The lowest BCUT2D eigenvalue weighted by Crippen LogP contribution is -1.47. The summed E-state index contributed by atoms with van der Waals surface area (Å²) in [5, 5.41) is 2.92. The standard InChI is InChI=1S/2C6H6.CH3N3/c2*1-2-4-6-5-3-1;1-3-4-2/h2*1-6H;1H3. The quantitative estimate of drug-likeness (QED) is 0.356. The summed E-state index contributed by atoms with van der Waals surface area (Å²) in [5.74, 6) is 0. The molecule has 0 heterocycles. The zero-order chi connectivity index (χ0) is 11.9. The molecule has 2 aromatic carbocycles. The molecule has 0 atom stereocenters. The summed E-state index contributed by atoms with van der Waals surface area (Å²) >= 11 is 0. The molecule has 0 radical (unpaired) electrons. The minimum Gasteiger partial charge on any atom is -0.0973 e. The lowest BCUT2D eigenvalue weighted by molar-refractivity contribution is 1.40. The Morgan fingerprint density at radius 2 is 0.750 bits per heavy atom. The summed E-state index contributed by atoms with van der Waals surface area (Å²) in [7, 11) is 1.39. The first-order valence-corrected chi connectivity index (χ1v) is 4.85. The normalized spacial score (nSPS) is 7.06. The van der Waals surface area contributed by atoms with Crippen LogP contribution in [0.5, 0.6) is 0 Å². The van der Waals surface area contributed by atoms with Gasteiger partial charge in [-0.2, -0.15) is 0 Å². The molecular formula is C13H15N3. The van der Waals surface area contributed by atoms with Crippen molar-refractivity contribution in [1.82, 2.24) is 0 Å². The van der Waals surface area contributed by atoms with Gasteiger partial charge >= 0.3 is 0 Å². The van der Waals surface area contributed by atoms with Crippen molar-refractivity contribution in [1.29, 1.82) is 0 Å². The lowest BCUT2D eigenvalue weighted by Gasteiger charge is -1.69. The van der Waals surface area contributed by atoms with Gasteiger partial charge in [-0.25, -0.2) is 0 Å². The molecule has 0 amide bonds. The van der Waals surface area contributed by atoms with Crippen molar-refractivity contribution >= 4 is 0 Å². The van der Waals surface area contributed by atoms with E-state index < -0.39 is 0 Å². The molecule has 0 spiro atoms. The number of azide groups is 1. The van der Waals surface area contributed by atoms with Crippen molar-refractivity contribution in [3.8, 4) is 0 Å². The van der Waals surface area contributed by atoms with Crippen molar-refractivity contribution in [3.63, 3.8) is 0 Å². The Morgan fingerprint density at radius 1 is 0.625 bits per heavy atom. The van der Waals surface area contributed by atoms with Crippen LogP contribution in [0.1, 0.15) is 0 Å². The van der Waals surface area contributed by atoms with E-state index in [0.717, 1.165) is 0 Å². The third-order valence-corrected chi connectivity index (χ3v) is 1.42. The number of nitrogens with zero attached hydrogens (tertiary/aromatic N) is 3. The predicted octanol–water partition coefficient (Wildman–Crippen LogP) is 4.30. The largest absolute Gasteiger partial charge is 0.0973 e. The van der Waals surface area contributed by atoms with E-state index in [1.165, 1.54) is 7.05 Å². The number of hydrogen-bond acceptors (Lipinski definition) is 1. The van der Waals surface area contributed by atoms with Crippen molar-refractivity contribution in [2.75, 3.05) is 7.05 Å². The highest BCUT2D eigenvalue weighted by atomic mass is 15.1. The fraction of sp³-hybridized carbons (Fsp3) is 0.0769. The summed E-state index contributed by atoms with van der Waals surface area (Å²) in [6.45, 7) is 0. The minimum absolute atomic E-state index is 1.39. The Bertz CT molecular complexity index is 282. The van der Waals surface area contributed by atoms with Crippen LogP contribution in [0.25, 0.3) is 10.4 Å². The average molecular weight is 213 g/mol. The molecule has 3 heteroatoms. The first kappa shape index (κ1) is 13.8. The maximum Gasteiger partial charge on any atom is 0.0139 e. The molecular weight excluding hydrogens is 198 g/mol. The Labute approximate surface area is 96.0 Å². The third kappa shape index (κ3) is 11.8. The Kier molecular flexibility index (Phi) is 11.0. The second-order valence-corrected chi connectivity index (χ2v) is 2.60. The Morgan fingerprint density at radius 3 is 0.812 bits per heavy atom. The van der Waals surface area contributed by atoms with E-state index in [9.17, 15) is 0 Å². The van der Waals surface area contributed by atoms with E-state index in [2.05, 4.69) is 10.0 Å². The summed E-state index contributed by atoms with van der Waals surface area (Å²) in [6.07, 6.45) is 0. The highest BCUT2D eigenvalue weighted by molar-refractivity contribution is 4.99. The van der Waals surface area contributed by atoms with E-state index >= 15 is 0 Å². The van der Waals surface area contributed by atoms with Gasteiger partial charge in [-0.05, 0) is 5.53 Å². The smallest absolute Gasteiger partial charge is 0.0139 e. The molecule has 0 bridgehead atoms. The molecule has 16 heavy (non-hydrogen) atoms. The molecule has 82 valence electrons. The van der Waals surface area contributed by atoms with E-state index in [-0.39, 0.29) is 0 Å². The third-order valence-electron chi connectivity index (χ3n) is 1.42. The van der Waals surface area contributed by atoms with Gasteiger partial charge < -0.3 is 0 Å². The van der Waals surface area contributed by atoms with Crippen LogP contribution in [0.3, 0.4) is 0 Å². The molecule has 0 aliphatic heterocycles. The maximum absolute atomic E-state index is 7.33. The summed E-state index contributed by atoms with van der Waals surface area (Å²) in [4.78, 5) is 2.36. The molecule has 0 aliphatic rings. The molecule has 2 rings (SSSR count). The van der Waals surface area contributed by atoms with Gasteiger partial charge in [0.2, 0.25) is 0 Å². The van der Waals surface area contributed by atoms with Gasteiger partial charge in [0.25, 0.3) is 0 Å². The van der Waals surface area contributed by atoms with Crippen LogP contribution in [-0.2, 0) is 0 Å². The molecule has 0 aliphatic carbocycles. The van der Waals surface area contributed by atoms with Crippen LogP contribution < -0.4 is 0 Å². The van der Waals surface area contributed by atoms with Crippen molar-refractivity contribution in [3.05, 3.63) is 83.2 Å². The number of benzene rings is 2. The average Bonchev–Trinajstić information content (AvgIpc) is 2.44. The monoisotopic (exact) mass is 213 g/mol. The molecule has 0 saturated carbocycles. The van der Waals surface area contributed by atoms with Crippen LogP contribution in [0.4, 0.5) is 0 Å². The van der Waals surface area contributed by atoms with Gasteiger partial charge in [-0.3, -0.25) is 0 Å². The van der Waals surface area contributed by atoms with E-state index in [1.54, 1.807) is 0 Å². The SMILES string of the molecule is CN=[N+]=[N-].c1ccccc1.c1ccccc1. The molecule has 2 aromatic rings. The van der Waals surface area contributed by atoms with Gasteiger partial charge in [0.1, 0.15) is 0 Å². The van der Waals surface area contributed by atoms with Crippen LogP contribution in [0.2, 0.25) is 0 Å². The highest BCUT2D eigenvalue weighted by Crippen LogP contribution is 1.80. The molecule has 0 unspecified atom stereocenters. The van der Waals surface area contributed by atoms with Gasteiger partial charge in [0, 0.05) is 12.0 Å². The van der Waals surface area contributed by atoms with Gasteiger partial charge in [-0.1, -0.05) is 77.9 Å². The predicted molar refractivity (Wildman–Crippen MR) is 68.0 cm³/mol. The first-order chi connectivity index (χ1) is 7.91.